The number of halogens is 3. The third kappa shape index (κ3) is 5.23. The first-order valence-electron chi connectivity index (χ1n) is 7.29. The van der Waals surface area contributed by atoms with Crippen LogP contribution in [0, 0.1) is 0 Å². The average molecular weight is 302 g/mol. The Morgan fingerprint density at radius 2 is 1.95 bits per heavy atom. The summed E-state index contributed by atoms with van der Waals surface area (Å²) in [4.78, 5) is 0. The monoisotopic (exact) mass is 302 g/mol. The van der Waals surface area contributed by atoms with Crippen LogP contribution in [0.2, 0.25) is 0 Å². The molecule has 1 aliphatic rings. The van der Waals surface area contributed by atoms with Gasteiger partial charge in [-0.25, -0.2) is 0 Å². The normalized spacial score (nSPS) is 17.2. The van der Waals surface area contributed by atoms with Crippen LogP contribution in [0.15, 0.2) is 18.2 Å². The molecule has 0 bridgehead atoms. The average Bonchev–Trinajstić information content (AvgIpc) is 2.82. The molecule has 0 saturated heterocycles. The van der Waals surface area contributed by atoms with Gasteiger partial charge in [0.25, 0.3) is 0 Å². The van der Waals surface area contributed by atoms with Crippen molar-refractivity contribution in [3.8, 4) is 5.75 Å². The van der Waals surface area contributed by atoms with E-state index in [4.69, 9.17) is 4.74 Å². The van der Waals surface area contributed by atoms with Gasteiger partial charge in [0.05, 0.1) is 12.2 Å². The molecule has 1 aliphatic heterocycles. The van der Waals surface area contributed by atoms with E-state index in [1.807, 2.05) is 12.1 Å². The lowest BCUT2D eigenvalue weighted by Crippen LogP contribution is -2.25. The van der Waals surface area contributed by atoms with E-state index in [0.29, 0.717) is 19.4 Å². The third-order valence-corrected chi connectivity index (χ3v) is 3.88. The Bertz CT molecular complexity index is 481. The summed E-state index contributed by atoms with van der Waals surface area (Å²) in [5.41, 5.74) is 1.21. The van der Waals surface area contributed by atoms with Crippen molar-refractivity contribution in [3.63, 3.8) is 0 Å². The van der Waals surface area contributed by atoms with Crippen molar-refractivity contribution in [1.29, 1.82) is 0 Å². The van der Waals surface area contributed by atoms with Gasteiger partial charge in [-0.05, 0) is 49.8 Å². The second kappa shape index (κ2) is 6.26. The fraction of sp³-hybridized carbons (Fsp3) is 0.625. The van der Waals surface area contributed by atoms with Crippen LogP contribution >= 0.6 is 0 Å². The highest BCUT2D eigenvalue weighted by molar-refractivity contribution is 5.39. The summed E-state index contributed by atoms with van der Waals surface area (Å²) in [6.07, 6.45) is -2.83. The summed E-state index contributed by atoms with van der Waals surface area (Å²) < 4.78 is 41.8. The maximum absolute atomic E-state index is 12.1. The van der Waals surface area contributed by atoms with Crippen LogP contribution in [0.4, 0.5) is 13.2 Å². The van der Waals surface area contributed by atoms with Gasteiger partial charge in [-0.2, -0.15) is 13.2 Å². The van der Waals surface area contributed by atoms with Crippen molar-refractivity contribution in [2.75, 3.05) is 6.61 Å². The fourth-order valence-electron chi connectivity index (χ4n) is 2.60. The van der Waals surface area contributed by atoms with Gasteiger partial charge in [0.1, 0.15) is 5.75 Å². The van der Waals surface area contributed by atoms with Gasteiger partial charge >= 0.3 is 6.18 Å². The Morgan fingerprint density at radius 3 is 2.67 bits per heavy atom. The highest BCUT2D eigenvalue weighted by Gasteiger charge is 2.29. The molecule has 0 amide bonds. The minimum absolute atomic E-state index is 0.0332. The largest absolute Gasteiger partial charge is 0.493 e. The summed E-state index contributed by atoms with van der Waals surface area (Å²) >= 11 is 0. The second-order valence-corrected chi connectivity index (χ2v) is 6.01. The van der Waals surface area contributed by atoms with E-state index >= 15 is 0 Å². The summed E-state index contributed by atoms with van der Waals surface area (Å²) in [6.45, 7) is 2.31. The van der Waals surface area contributed by atoms with Crippen molar-refractivity contribution in [2.45, 2.75) is 57.2 Å². The number of rotatable bonds is 6. The molecule has 118 valence electrons. The van der Waals surface area contributed by atoms with Gasteiger partial charge < -0.3 is 9.84 Å². The quantitative estimate of drug-likeness (QED) is 0.859. The molecule has 1 N–H and O–H groups in total. The van der Waals surface area contributed by atoms with E-state index in [9.17, 15) is 18.3 Å². The summed E-state index contributed by atoms with van der Waals surface area (Å²) in [5.74, 6) is 0.913. The molecule has 1 atom stereocenters. The van der Waals surface area contributed by atoms with Crippen LogP contribution in [0.25, 0.3) is 0 Å². The minimum atomic E-state index is -4.14. The van der Waals surface area contributed by atoms with Crippen LogP contribution in [0.3, 0.4) is 0 Å². The lowest BCUT2D eigenvalue weighted by Gasteiger charge is -2.23. The van der Waals surface area contributed by atoms with Crippen LogP contribution in [0.1, 0.15) is 43.7 Å². The molecule has 0 spiro atoms. The Kier molecular flexibility index (Phi) is 4.81. The number of aliphatic hydroxyl groups is 1. The fourth-order valence-corrected chi connectivity index (χ4v) is 2.60. The Hall–Kier alpha value is -1.23. The standard InChI is InChI=1S/C16H21F3O2/c1-15(20,7-2-8-16(17,18)19)9-5-12-3-4-14-13(11-12)6-10-21-14/h3-4,11,20H,2,5-10H2,1H3. The highest BCUT2D eigenvalue weighted by atomic mass is 19.4. The molecule has 1 aromatic rings. The highest BCUT2D eigenvalue weighted by Crippen LogP contribution is 2.29. The smallest absolute Gasteiger partial charge is 0.389 e. The van der Waals surface area contributed by atoms with Crippen LogP contribution < -0.4 is 4.74 Å². The van der Waals surface area contributed by atoms with E-state index in [1.54, 1.807) is 6.92 Å². The number of aryl methyl sites for hydroxylation is 1. The number of benzene rings is 1. The first kappa shape index (κ1) is 16.1. The van der Waals surface area contributed by atoms with Crippen molar-refractivity contribution >= 4 is 0 Å². The van der Waals surface area contributed by atoms with Crippen molar-refractivity contribution < 1.29 is 23.0 Å². The summed E-state index contributed by atoms with van der Waals surface area (Å²) in [5, 5.41) is 10.2. The van der Waals surface area contributed by atoms with E-state index < -0.39 is 18.2 Å². The maximum Gasteiger partial charge on any atom is 0.389 e. The first-order valence-corrected chi connectivity index (χ1v) is 7.29. The van der Waals surface area contributed by atoms with Gasteiger partial charge in [-0.3, -0.25) is 0 Å². The SMILES string of the molecule is CC(O)(CCCC(F)(F)F)CCc1ccc2c(c1)CCO2. The Morgan fingerprint density at radius 1 is 1.19 bits per heavy atom. The molecule has 2 nitrogen and oxygen atoms in total. The third-order valence-electron chi connectivity index (χ3n) is 3.88. The van der Waals surface area contributed by atoms with Crippen molar-refractivity contribution in [3.05, 3.63) is 29.3 Å². The minimum Gasteiger partial charge on any atom is -0.493 e. The van der Waals surface area contributed by atoms with Gasteiger partial charge in [0, 0.05) is 12.8 Å². The molecule has 0 aliphatic carbocycles. The zero-order valence-electron chi connectivity index (χ0n) is 12.2. The van der Waals surface area contributed by atoms with E-state index in [0.717, 1.165) is 17.7 Å². The predicted molar refractivity (Wildman–Crippen MR) is 74.5 cm³/mol. The summed E-state index contributed by atoms with van der Waals surface area (Å²) in [7, 11) is 0. The van der Waals surface area contributed by atoms with Crippen LogP contribution in [0.5, 0.6) is 5.75 Å². The van der Waals surface area contributed by atoms with E-state index in [-0.39, 0.29) is 12.8 Å². The Balaban J connectivity index is 1.81. The van der Waals surface area contributed by atoms with Crippen LogP contribution in [-0.4, -0.2) is 23.5 Å². The molecular weight excluding hydrogens is 281 g/mol. The lowest BCUT2D eigenvalue weighted by atomic mass is 9.91. The first-order chi connectivity index (χ1) is 9.75. The number of hydrogen-bond donors (Lipinski definition) is 1. The predicted octanol–water partition coefficient (Wildman–Crippen LogP) is 4.04. The van der Waals surface area contributed by atoms with Gasteiger partial charge in [0.2, 0.25) is 0 Å². The molecule has 21 heavy (non-hydrogen) atoms. The molecular formula is C16H21F3O2. The molecule has 5 heteroatoms. The van der Waals surface area contributed by atoms with Crippen molar-refractivity contribution in [1.82, 2.24) is 0 Å². The number of alkyl halides is 3. The molecule has 1 unspecified atom stereocenters. The van der Waals surface area contributed by atoms with Crippen LogP contribution in [-0.2, 0) is 12.8 Å². The number of ether oxygens (including phenoxy) is 1. The molecule has 0 radical (unpaired) electrons. The molecule has 2 rings (SSSR count). The topological polar surface area (TPSA) is 29.5 Å². The van der Waals surface area contributed by atoms with E-state index in [1.165, 1.54) is 5.56 Å². The molecule has 0 saturated carbocycles. The second-order valence-electron chi connectivity index (χ2n) is 6.01. The molecule has 1 heterocycles. The summed E-state index contributed by atoms with van der Waals surface area (Å²) in [6, 6.07) is 5.94. The lowest BCUT2D eigenvalue weighted by molar-refractivity contribution is -0.137. The van der Waals surface area contributed by atoms with Gasteiger partial charge in [-0.15, -0.1) is 0 Å². The van der Waals surface area contributed by atoms with Gasteiger partial charge in [0.15, 0.2) is 0 Å². The number of fused-ring (bicyclic) bond motifs is 1. The molecule has 1 aromatic carbocycles. The number of hydrogen-bond acceptors (Lipinski definition) is 2. The van der Waals surface area contributed by atoms with E-state index in [2.05, 4.69) is 6.07 Å². The zero-order valence-corrected chi connectivity index (χ0v) is 12.2. The molecule has 0 fully saturated rings. The molecule has 0 aromatic heterocycles. The zero-order chi connectivity index (χ0) is 15.5. The van der Waals surface area contributed by atoms with Crippen molar-refractivity contribution in [2.24, 2.45) is 0 Å². The van der Waals surface area contributed by atoms with Gasteiger partial charge in [-0.1, -0.05) is 12.1 Å². The Labute approximate surface area is 122 Å². The maximum atomic E-state index is 12.1.